The standard InChI is InChI=1S/C25H23ClN4O4/c1-33-16-10-11-21(34-2)17(12-16)22-18(13-27)24(28)30(19-4-3-5-20(31)23(19)22)29-25(32)14-6-8-15(26)9-7-14/h6-12,22H,3-5,28H2,1-2H3,(H,29,32). The van der Waals surface area contributed by atoms with E-state index >= 15 is 0 Å². The van der Waals surface area contributed by atoms with Crippen LogP contribution in [0.1, 0.15) is 41.1 Å². The number of benzene rings is 2. The summed E-state index contributed by atoms with van der Waals surface area (Å²) in [5.41, 5.74) is 11.3. The molecule has 0 radical (unpaired) electrons. The second kappa shape index (κ2) is 9.49. The lowest BCUT2D eigenvalue weighted by Gasteiger charge is -2.39. The van der Waals surface area contributed by atoms with Gasteiger partial charge in [-0.05, 0) is 55.3 Å². The monoisotopic (exact) mass is 478 g/mol. The molecule has 1 amide bonds. The summed E-state index contributed by atoms with van der Waals surface area (Å²) in [4.78, 5) is 26.2. The van der Waals surface area contributed by atoms with E-state index in [9.17, 15) is 14.9 Å². The molecule has 3 N–H and O–H groups in total. The maximum Gasteiger partial charge on any atom is 0.270 e. The average molecular weight is 479 g/mol. The molecule has 0 fully saturated rings. The molecule has 1 aliphatic carbocycles. The number of hydrogen-bond donors (Lipinski definition) is 2. The summed E-state index contributed by atoms with van der Waals surface area (Å²) in [5, 5.41) is 12.0. The van der Waals surface area contributed by atoms with Crippen LogP contribution in [0, 0.1) is 11.3 Å². The van der Waals surface area contributed by atoms with E-state index in [1.165, 1.54) is 19.2 Å². The number of hydrogen-bond acceptors (Lipinski definition) is 7. The average Bonchev–Trinajstić information content (AvgIpc) is 2.85. The highest BCUT2D eigenvalue weighted by Crippen LogP contribution is 2.47. The summed E-state index contributed by atoms with van der Waals surface area (Å²) >= 11 is 5.93. The molecule has 2 aromatic rings. The Balaban J connectivity index is 1.85. The Labute approximate surface area is 202 Å². The fourth-order valence-electron chi connectivity index (χ4n) is 4.36. The second-order valence-electron chi connectivity index (χ2n) is 7.87. The van der Waals surface area contributed by atoms with Gasteiger partial charge in [-0.25, -0.2) is 5.01 Å². The van der Waals surface area contributed by atoms with E-state index in [0.29, 0.717) is 58.2 Å². The number of carbonyl (C=O) groups excluding carboxylic acids is 2. The smallest absolute Gasteiger partial charge is 0.270 e. The van der Waals surface area contributed by atoms with Crippen molar-refractivity contribution in [3.63, 3.8) is 0 Å². The van der Waals surface area contributed by atoms with Gasteiger partial charge < -0.3 is 15.2 Å². The van der Waals surface area contributed by atoms with Crippen LogP contribution in [0.15, 0.2) is 65.1 Å². The van der Waals surface area contributed by atoms with Crippen LogP contribution in [0.25, 0.3) is 0 Å². The van der Waals surface area contributed by atoms with E-state index in [1.807, 2.05) is 0 Å². The summed E-state index contributed by atoms with van der Waals surface area (Å²) in [6, 6.07) is 13.7. The molecular weight excluding hydrogens is 456 g/mol. The molecule has 0 saturated heterocycles. The molecule has 4 rings (SSSR count). The van der Waals surface area contributed by atoms with Gasteiger partial charge in [0.05, 0.1) is 31.8 Å². The molecule has 0 saturated carbocycles. The summed E-state index contributed by atoms with van der Waals surface area (Å²) < 4.78 is 10.9. The van der Waals surface area contributed by atoms with Gasteiger partial charge in [0.1, 0.15) is 17.3 Å². The first-order valence-electron chi connectivity index (χ1n) is 10.6. The number of rotatable bonds is 5. The first kappa shape index (κ1) is 23.2. The Hall–Kier alpha value is -3.96. The summed E-state index contributed by atoms with van der Waals surface area (Å²) in [6.07, 6.45) is 1.44. The molecule has 174 valence electrons. The number of halogens is 1. The SMILES string of the molecule is COc1ccc(OC)c(C2C(C#N)=C(N)N(NC(=O)c3ccc(Cl)cc3)C3=C2C(=O)CCC3)c1. The van der Waals surface area contributed by atoms with E-state index in [-0.39, 0.29) is 17.2 Å². The van der Waals surface area contributed by atoms with Crippen molar-refractivity contribution in [2.45, 2.75) is 25.2 Å². The third kappa shape index (κ3) is 4.06. The van der Waals surface area contributed by atoms with Gasteiger partial charge in [-0.15, -0.1) is 0 Å². The molecule has 0 bridgehead atoms. The van der Waals surface area contributed by atoms with Gasteiger partial charge in [-0.3, -0.25) is 15.0 Å². The second-order valence-corrected chi connectivity index (χ2v) is 8.31. The maximum atomic E-state index is 13.2. The zero-order chi connectivity index (χ0) is 24.4. The van der Waals surface area contributed by atoms with Crippen LogP contribution in [0.4, 0.5) is 0 Å². The van der Waals surface area contributed by atoms with Crippen LogP contribution in [0.2, 0.25) is 5.02 Å². The first-order valence-corrected chi connectivity index (χ1v) is 11.0. The Morgan fingerprint density at radius 3 is 2.56 bits per heavy atom. The van der Waals surface area contributed by atoms with Crippen molar-refractivity contribution in [2.24, 2.45) is 5.73 Å². The van der Waals surface area contributed by atoms with Crippen molar-refractivity contribution in [1.82, 2.24) is 10.4 Å². The van der Waals surface area contributed by atoms with Gasteiger partial charge in [0.25, 0.3) is 5.91 Å². The number of amides is 1. The summed E-state index contributed by atoms with van der Waals surface area (Å²) in [5.74, 6) is -0.207. The van der Waals surface area contributed by atoms with Crippen LogP contribution < -0.4 is 20.6 Å². The van der Waals surface area contributed by atoms with Crippen LogP contribution >= 0.6 is 11.6 Å². The van der Waals surface area contributed by atoms with Crippen LogP contribution in [0.3, 0.4) is 0 Å². The normalized spacial score (nSPS) is 17.8. The highest BCUT2D eigenvalue weighted by Gasteiger charge is 2.41. The number of ether oxygens (including phenoxy) is 2. The minimum atomic E-state index is -0.749. The summed E-state index contributed by atoms with van der Waals surface area (Å²) in [7, 11) is 3.05. The number of methoxy groups -OCH3 is 2. The lowest BCUT2D eigenvalue weighted by molar-refractivity contribution is -0.116. The minimum Gasteiger partial charge on any atom is -0.497 e. The quantitative estimate of drug-likeness (QED) is 0.671. The molecule has 0 spiro atoms. The molecule has 8 nitrogen and oxygen atoms in total. The molecule has 1 aliphatic heterocycles. The number of nitrogens with zero attached hydrogens (tertiary/aromatic N) is 2. The van der Waals surface area contributed by atoms with Crippen molar-refractivity contribution in [3.05, 3.63) is 81.3 Å². The Morgan fingerprint density at radius 1 is 1.18 bits per heavy atom. The zero-order valence-electron chi connectivity index (χ0n) is 18.7. The van der Waals surface area contributed by atoms with E-state index in [0.717, 1.165) is 0 Å². The number of carbonyl (C=O) groups is 2. The number of Topliss-reactive ketones (excluding diaryl/α,β-unsaturated/α-hetero) is 1. The number of hydrazine groups is 1. The molecule has 2 aromatic carbocycles. The zero-order valence-corrected chi connectivity index (χ0v) is 19.5. The van der Waals surface area contributed by atoms with Gasteiger partial charge in [0.2, 0.25) is 0 Å². The van der Waals surface area contributed by atoms with Gasteiger partial charge in [-0.1, -0.05) is 11.6 Å². The number of allylic oxidation sites excluding steroid dienone is 3. The number of nitrogens with two attached hydrogens (primary N) is 1. The molecule has 34 heavy (non-hydrogen) atoms. The fraction of sp³-hybridized carbons (Fsp3) is 0.240. The van der Waals surface area contributed by atoms with Crippen molar-refractivity contribution in [2.75, 3.05) is 14.2 Å². The first-order chi connectivity index (χ1) is 16.4. The van der Waals surface area contributed by atoms with Gasteiger partial charge in [0, 0.05) is 33.8 Å². The Bertz CT molecular complexity index is 1260. The van der Waals surface area contributed by atoms with Crippen molar-refractivity contribution in [1.29, 1.82) is 5.26 Å². The van der Waals surface area contributed by atoms with Crippen LogP contribution in [-0.2, 0) is 4.79 Å². The number of ketones is 1. The van der Waals surface area contributed by atoms with Crippen molar-refractivity contribution in [3.8, 4) is 17.6 Å². The van der Waals surface area contributed by atoms with Crippen LogP contribution in [-0.4, -0.2) is 30.9 Å². The third-order valence-electron chi connectivity index (χ3n) is 5.98. The third-order valence-corrected chi connectivity index (χ3v) is 6.23. The number of nitriles is 1. The predicted octanol–water partition coefficient (Wildman–Crippen LogP) is 3.80. The van der Waals surface area contributed by atoms with Crippen molar-refractivity contribution >= 4 is 23.3 Å². The molecule has 1 atom stereocenters. The highest BCUT2D eigenvalue weighted by molar-refractivity contribution is 6.30. The topological polar surface area (TPSA) is 118 Å². The Kier molecular flexibility index (Phi) is 6.48. The van der Waals surface area contributed by atoms with E-state index in [4.69, 9.17) is 26.8 Å². The van der Waals surface area contributed by atoms with Crippen LogP contribution in [0.5, 0.6) is 11.5 Å². The molecule has 1 heterocycles. The molecule has 1 unspecified atom stereocenters. The predicted molar refractivity (Wildman–Crippen MR) is 126 cm³/mol. The lowest BCUT2D eigenvalue weighted by Crippen LogP contribution is -2.48. The fourth-order valence-corrected chi connectivity index (χ4v) is 4.48. The molecule has 9 heteroatoms. The minimum absolute atomic E-state index is 0.0492. The van der Waals surface area contributed by atoms with E-state index in [2.05, 4.69) is 11.5 Å². The van der Waals surface area contributed by atoms with Crippen molar-refractivity contribution < 1.29 is 19.1 Å². The molecular formula is C25H23ClN4O4. The maximum absolute atomic E-state index is 13.2. The Morgan fingerprint density at radius 2 is 1.91 bits per heavy atom. The largest absolute Gasteiger partial charge is 0.497 e. The van der Waals surface area contributed by atoms with E-state index < -0.39 is 11.8 Å². The van der Waals surface area contributed by atoms with E-state index in [1.54, 1.807) is 42.5 Å². The van der Waals surface area contributed by atoms with Gasteiger partial charge in [0.15, 0.2) is 5.78 Å². The highest BCUT2D eigenvalue weighted by atomic mass is 35.5. The lowest BCUT2D eigenvalue weighted by atomic mass is 9.75. The molecule has 2 aliphatic rings. The number of nitrogens with one attached hydrogen (secondary N) is 1. The molecule has 0 aromatic heterocycles. The van der Waals surface area contributed by atoms with Gasteiger partial charge in [-0.2, -0.15) is 5.26 Å². The van der Waals surface area contributed by atoms with Gasteiger partial charge >= 0.3 is 0 Å². The summed E-state index contributed by atoms with van der Waals surface area (Å²) in [6.45, 7) is 0.